The van der Waals surface area contributed by atoms with E-state index < -0.39 is 0 Å². The number of aromatic nitrogens is 5. The molecule has 0 aliphatic heterocycles. The summed E-state index contributed by atoms with van der Waals surface area (Å²) in [7, 11) is 1.61. The molecule has 10 heteroatoms. The van der Waals surface area contributed by atoms with Crippen LogP contribution in [0.15, 0.2) is 41.0 Å². The van der Waals surface area contributed by atoms with Crippen LogP contribution in [-0.4, -0.2) is 44.0 Å². The molecule has 2 aromatic heterocycles. The lowest BCUT2D eigenvalue weighted by Gasteiger charge is -2.05. The van der Waals surface area contributed by atoms with Crippen molar-refractivity contribution in [2.24, 2.45) is 0 Å². The number of thiazole rings is 1. The topological polar surface area (TPSA) is 94.8 Å². The van der Waals surface area contributed by atoms with Crippen molar-refractivity contribution in [2.45, 2.75) is 5.16 Å². The highest BCUT2D eigenvalue weighted by molar-refractivity contribution is 7.99. The van der Waals surface area contributed by atoms with Gasteiger partial charge in [-0.05, 0) is 34.7 Å². The first-order valence-corrected chi connectivity index (χ1v) is 8.38. The van der Waals surface area contributed by atoms with Crippen LogP contribution in [0, 0.1) is 0 Å². The number of tetrazole rings is 1. The molecule has 1 N–H and O–H groups in total. The Morgan fingerprint density at radius 1 is 1.39 bits per heavy atom. The summed E-state index contributed by atoms with van der Waals surface area (Å²) in [5.74, 6) is 0.781. The minimum atomic E-state index is -0.158. The van der Waals surface area contributed by atoms with Crippen LogP contribution in [0.25, 0.3) is 5.69 Å². The number of rotatable bonds is 6. The summed E-state index contributed by atoms with van der Waals surface area (Å²) in [6.45, 7) is 0. The molecule has 0 saturated heterocycles. The van der Waals surface area contributed by atoms with E-state index in [0.717, 1.165) is 11.4 Å². The van der Waals surface area contributed by atoms with Gasteiger partial charge in [0.1, 0.15) is 5.75 Å². The number of ether oxygens (including phenoxy) is 1. The molecule has 8 nitrogen and oxygen atoms in total. The Bertz CT molecular complexity index is 772. The summed E-state index contributed by atoms with van der Waals surface area (Å²) in [4.78, 5) is 15.9. The van der Waals surface area contributed by atoms with Crippen LogP contribution in [0.4, 0.5) is 5.13 Å². The van der Waals surface area contributed by atoms with Gasteiger partial charge in [-0.1, -0.05) is 11.8 Å². The van der Waals surface area contributed by atoms with Crippen LogP contribution in [0.2, 0.25) is 0 Å². The Labute approximate surface area is 139 Å². The Morgan fingerprint density at radius 3 is 2.91 bits per heavy atom. The summed E-state index contributed by atoms with van der Waals surface area (Å²) < 4.78 is 6.69. The van der Waals surface area contributed by atoms with E-state index in [1.807, 2.05) is 24.3 Å². The normalized spacial score (nSPS) is 10.5. The number of methoxy groups -OCH3 is 1. The predicted octanol–water partition coefficient (Wildman–Crippen LogP) is 1.86. The zero-order valence-corrected chi connectivity index (χ0v) is 13.7. The van der Waals surface area contributed by atoms with E-state index in [2.05, 4.69) is 25.8 Å². The van der Waals surface area contributed by atoms with Crippen LogP contribution in [-0.2, 0) is 4.79 Å². The van der Waals surface area contributed by atoms with Gasteiger partial charge in [-0.2, -0.15) is 4.68 Å². The van der Waals surface area contributed by atoms with E-state index in [0.29, 0.717) is 10.3 Å². The molecule has 0 saturated carbocycles. The molecule has 0 aliphatic carbocycles. The van der Waals surface area contributed by atoms with Crippen molar-refractivity contribution in [1.82, 2.24) is 25.2 Å². The number of nitrogens with zero attached hydrogens (tertiary/aromatic N) is 5. The number of anilines is 1. The number of hydrogen-bond acceptors (Lipinski definition) is 8. The van der Waals surface area contributed by atoms with Crippen molar-refractivity contribution < 1.29 is 9.53 Å². The van der Waals surface area contributed by atoms with E-state index in [1.54, 1.807) is 23.4 Å². The van der Waals surface area contributed by atoms with Crippen molar-refractivity contribution in [3.05, 3.63) is 35.8 Å². The van der Waals surface area contributed by atoms with Gasteiger partial charge in [0, 0.05) is 11.6 Å². The average molecular weight is 348 g/mol. The van der Waals surface area contributed by atoms with Crippen LogP contribution in [0.1, 0.15) is 0 Å². The number of hydrogen-bond donors (Lipinski definition) is 1. The number of amides is 1. The molecule has 0 aliphatic rings. The Morgan fingerprint density at radius 2 is 2.22 bits per heavy atom. The number of benzene rings is 1. The smallest absolute Gasteiger partial charge is 0.236 e. The van der Waals surface area contributed by atoms with Gasteiger partial charge in [0.25, 0.3) is 0 Å². The van der Waals surface area contributed by atoms with Crippen molar-refractivity contribution in [2.75, 3.05) is 18.2 Å². The second kappa shape index (κ2) is 7.20. The zero-order chi connectivity index (χ0) is 16.1. The average Bonchev–Trinajstić information content (AvgIpc) is 3.24. The van der Waals surface area contributed by atoms with Gasteiger partial charge in [-0.3, -0.25) is 4.79 Å². The molecule has 23 heavy (non-hydrogen) atoms. The molecule has 1 amide bonds. The van der Waals surface area contributed by atoms with Crippen LogP contribution >= 0.6 is 23.1 Å². The Kier molecular flexibility index (Phi) is 4.83. The third-order valence-electron chi connectivity index (χ3n) is 2.77. The maximum atomic E-state index is 11.9. The van der Waals surface area contributed by atoms with Crippen LogP contribution in [0.5, 0.6) is 5.75 Å². The molecule has 0 atom stereocenters. The fourth-order valence-corrected chi connectivity index (χ4v) is 2.96. The molecule has 118 valence electrons. The third-order valence-corrected chi connectivity index (χ3v) is 4.38. The minimum Gasteiger partial charge on any atom is -0.497 e. The predicted molar refractivity (Wildman–Crippen MR) is 87.2 cm³/mol. The summed E-state index contributed by atoms with van der Waals surface area (Å²) in [6, 6.07) is 7.32. The molecular formula is C13H12N6O2S2. The summed E-state index contributed by atoms with van der Waals surface area (Å²) in [5, 5.41) is 17.2. The van der Waals surface area contributed by atoms with Crippen LogP contribution in [0.3, 0.4) is 0 Å². The molecule has 0 bridgehead atoms. The molecule has 2 heterocycles. The monoisotopic (exact) mass is 348 g/mol. The van der Waals surface area contributed by atoms with E-state index in [4.69, 9.17) is 4.74 Å². The molecule has 1 aromatic carbocycles. The number of carbonyl (C=O) groups is 1. The number of carbonyl (C=O) groups excluding carboxylic acids is 1. The highest BCUT2D eigenvalue weighted by Crippen LogP contribution is 2.20. The minimum absolute atomic E-state index is 0.158. The van der Waals surface area contributed by atoms with Crippen molar-refractivity contribution >= 4 is 34.1 Å². The van der Waals surface area contributed by atoms with Crippen molar-refractivity contribution in [1.29, 1.82) is 0 Å². The van der Waals surface area contributed by atoms with Gasteiger partial charge < -0.3 is 10.1 Å². The standard InChI is InChI=1S/C13H12N6O2S2/c1-21-10-4-2-9(3-5-10)19-13(16-17-18-19)23-8-11(20)15-12-14-6-7-22-12/h2-7H,8H2,1H3,(H,14,15,20). The number of thioether (sulfide) groups is 1. The van der Waals surface area contributed by atoms with E-state index >= 15 is 0 Å². The molecule has 3 rings (SSSR count). The van der Waals surface area contributed by atoms with Gasteiger partial charge in [0.05, 0.1) is 18.6 Å². The Balaban J connectivity index is 1.65. The fourth-order valence-electron chi connectivity index (χ4n) is 1.73. The molecular weight excluding hydrogens is 336 g/mol. The maximum absolute atomic E-state index is 11.9. The van der Waals surface area contributed by atoms with Crippen LogP contribution < -0.4 is 10.1 Å². The maximum Gasteiger partial charge on any atom is 0.236 e. The second-order valence-corrected chi connectivity index (χ2v) is 6.08. The van der Waals surface area contributed by atoms with E-state index in [1.165, 1.54) is 23.1 Å². The first-order valence-electron chi connectivity index (χ1n) is 6.51. The summed E-state index contributed by atoms with van der Waals surface area (Å²) in [6.07, 6.45) is 1.64. The van der Waals surface area contributed by atoms with Gasteiger partial charge in [0.2, 0.25) is 11.1 Å². The largest absolute Gasteiger partial charge is 0.497 e. The first kappa shape index (κ1) is 15.4. The number of nitrogens with one attached hydrogen (secondary N) is 1. The summed E-state index contributed by atoms with van der Waals surface area (Å²) in [5.41, 5.74) is 0.790. The quantitative estimate of drug-likeness (QED) is 0.679. The molecule has 3 aromatic rings. The third kappa shape index (κ3) is 3.85. The lowest BCUT2D eigenvalue weighted by molar-refractivity contribution is -0.113. The van der Waals surface area contributed by atoms with Gasteiger partial charge in [-0.25, -0.2) is 4.98 Å². The van der Waals surface area contributed by atoms with E-state index in [-0.39, 0.29) is 11.7 Å². The lowest BCUT2D eigenvalue weighted by Crippen LogP contribution is -2.14. The summed E-state index contributed by atoms with van der Waals surface area (Å²) >= 11 is 2.62. The SMILES string of the molecule is COc1ccc(-n2nnnc2SCC(=O)Nc2nccs2)cc1. The highest BCUT2D eigenvalue weighted by Gasteiger charge is 2.12. The molecule has 0 radical (unpaired) electrons. The van der Waals surface area contributed by atoms with Crippen molar-refractivity contribution in [3.63, 3.8) is 0 Å². The van der Waals surface area contributed by atoms with Crippen molar-refractivity contribution in [3.8, 4) is 11.4 Å². The highest BCUT2D eigenvalue weighted by atomic mass is 32.2. The van der Waals surface area contributed by atoms with Gasteiger partial charge >= 0.3 is 0 Å². The fraction of sp³-hybridized carbons (Fsp3) is 0.154. The van der Waals surface area contributed by atoms with Gasteiger partial charge in [0.15, 0.2) is 5.13 Å². The molecule has 0 spiro atoms. The molecule has 0 unspecified atom stereocenters. The zero-order valence-electron chi connectivity index (χ0n) is 12.0. The van der Waals surface area contributed by atoms with Gasteiger partial charge in [-0.15, -0.1) is 16.4 Å². The second-order valence-electron chi connectivity index (χ2n) is 4.25. The molecule has 0 fully saturated rings. The first-order chi connectivity index (χ1) is 11.3. The lowest BCUT2D eigenvalue weighted by atomic mass is 10.3. The van der Waals surface area contributed by atoms with E-state index in [9.17, 15) is 4.79 Å². The Hall–Kier alpha value is -2.46.